The van der Waals surface area contributed by atoms with E-state index in [-0.39, 0.29) is 18.4 Å². The zero-order valence-corrected chi connectivity index (χ0v) is 8.97. The van der Waals surface area contributed by atoms with Crippen LogP contribution < -0.4 is 5.32 Å². The Balaban J connectivity index is 2.17. The quantitative estimate of drug-likeness (QED) is 0.603. The first kappa shape index (κ1) is 10.6. The van der Waals surface area contributed by atoms with E-state index in [4.69, 9.17) is 5.11 Å². The summed E-state index contributed by atoms with van der Waals surface area (Å²) in [4.78, 5) is 26.9. The molecule has 1 spiro atoms. The van der Waals surface area contributed by atoms with Crippen LogP contribution in [0.15, 0.2) is 4.99 Å². The fourth-order valence-electron chi connectivity index (χ4n) is 1.82. The van der Waals surface area contributed by atoms with E-state index in [1.54, 1.807) is 0 Å². The van der Waals surface area contributed by atoms with E-state index in [9.17, 15) is 9.59 Å². The van der Waals surface area contributed by atoms with E-state index in [1.807, 2.05) is 0 Å². The average molecular weight is 228 g/mol. The third-order valence-electron chi connectivity index (χ3n) is 2.67. The van der Waals surface area contributed by atoms with Gasteiger partial charge in [-0.2, -0.15) is 0 Å². The predicted molar refractivity (Wildman–Crippen MR) is 56.7 cm³/mol. The van der Waals surface area contributed by atoms with Crippen LogP contribution in [0, 0.1) is 0 Å². The van der Waals surface area contributed by atoms with Crippen LogP contribution in [0.3, 0.4) is 0 Å². The molecule has 1 fully saturated rings. The third-order valence-corrected chi connectivity index (χ3v) is 4.15. The van der Waals surface area contributed by atoms with Crippen molar-refractivity contribution in [3.8, 4) is 0 Å². The van der Waals surface area contributed by atoms with Gasteiger partial charge < -0.3 is 5.11 Å². The lowest BCUT2D eigenvalue weighted by atomic mass is 9.93. The van der Waals surface area contributed by atoms with Crippen LogP contribution in [0.25, 0.3) is 0 Å². The highest BCUT2D eigenvalue weighted by Crippen LogP contribution is 2.39. The number of imide groups is 1. The van der Waals surface area contributed by atoms with E-state index in [0.29, 0.717) is 30.9 Å². The van der Waals surface area contributed by atoms with Crippen LogP contribution in [-0.2, 0) is 9.59 Å². The summed E-state index contributed by atoms with van der Waals surface area (Å²) in [6.07, 6.45) is 1.55. The van der Waals surface area contributed by atoms with Crippen molar-refractivity contribution in [1.82, 2.24) is 5.32 Å². The monoisotopic (exact) mass is 228 g/mol. The highest BCUT2D eigenvalue weighted by Gasteiger charge is 2.45. The molecule has 2 amide bonds. The molecule has 15 heavy (non-hydrogen) atoms. The van der Waals surface area contributed by atoms with Crippen molar-refractivity contribution in [3.63, 3.8) is 0 Å². The van der Waals surface area contributed by atoms with E-state index in [2.05, 4.69) is 10.3 Å². The largest absolute Gasteiger partial charge is 0.390 e. The topological polar surface area (TPSA) is 78.8 Å². The fraction of sp³-hybridized carbons (Fsp3) is 0.667. The highest BCUT2D eigenvalue weighted by atomic mass is 32.2. The molecule has 1 unspecified atom stereocenters. The lowest BCUT2D eigenvalue weighted by Gasteiger charge is -2.36. The maximum atomic E-state index is 11.8. The Kier molecular flexibility index (Phi) is 2.79. The summed E-state index contributed by atoms with van der Waals surface area (Å²) in [6, 6.07) is 0. The summed E-state index contributed by atoms with van der Waals surface area (Å²) in [5, 5.41) is 11.9. The Morgan fingerprint density at radius 1 is 1.47 bits per heavy atom. The number of nitrogens with zero attached hydrogens (tertiary/aromatic N) is 1. The molecule has 0 radical (unpaired) electrons. The molecule has 0 aliphatic carbocycles. The minimum atomic E-state index is -0.576. The summed E-state index contributed by atoms with van der Waals surface area (Å²) in [6.45, 7) is 0.415. The van der Waals surface area contributed by atoms with Gasteiger partial charge in [-0.05, 0) is 12.8 Å². The fourth-order valence-corrected chi connectivity index (χ4v) is 3.03. The average Bonchev–Trinajstić information content (AvgIpc) is 2.25. The molecule has 5 nitrogen and oxygen atoms in total. The molecule has 82 valence electrons. The van der Waals surface area contributed by atoms with Gasteiger partial charge in [-0.25, -0.2) is 0 Å². The Morgan fingerprint density at radius 2 is 2.27 bits per heavy atom. The normalized spacial score (nSPS) is 31.4. The second-order valence-electron chi connectivity index (χ2n) is 3.66. The molecule has 0 saturated carbocycles. The first-order valence-corrected chi connectivity index (χ1v) is 5.65. The molecule has 0 bridgehead atoms. The van der Waals surface area contributed by atoms with Gasteiger partial charge in [0, 0.05) is 13.0 Å². The number of hydrogen-bond donors (Lipinski definition) is 2. The van der Waals surface area contributed by atoms with Crippen molar-refractivity contribution >= 4 is 28.6 Å². The molecular formula is C9H12N2O3S. The minimum absolute atomic E-state index is 0.131. The Morgan fingerprint density at radius 3 is 2.93 bits per heavy atom. The van der Waals surface area contributed by atoms with Crippen LogP contribution in [0.1, 0.15) is 19.3 Å². The number of aliphatic hydroxyl groups is 1. The number of aliphatic imine (C=N–C) groups is 1. The summed E-state index contributed by atoms with van der Waals surface area (Å²) in [5.74, 6) is -0.441. The molecule has 6 heteroatoms. The molecule has 2 N–H and O–H groups in total. The van der Waals surface area contributed by atoms with Gasteiger partial charge in [-0.3, -0.25) is 19.9 Å². The van der Waals surface area contributed by atoms with Gasteiger partial charge >= 0.3 is 0 Å². The lowest BCUT2D eigenvalue weighted by Crippen LogP contribution is -2.53. The van der Waals surface area contributed by atoms with Crippen LogP contribution in [0.2, 0.25) is 0 Å². The number of carbonyl (C=O) groups excluding carboxylic acids is 2. The number of thioether (sulfide) groups is 1. The standard InChI is InChI=1S/C9H12N2O3S/c12-5-7-10-4-3-9(15-7)2-1-6(13)11-8(9)14/h12H,1-5H2,(H,11,13,14). The summed E-state index contributed by atoms with van der Waals surface area (Å²) in [5.41, 5.74) is 0. The SMILES string of the molecule is O=C1CCC2(CCN=C(CO)S2)C(=O)N1. The van der Waals surface area contributed by atoms with Gasteiger partial charge in [0.15, 0.2) is 0 Å². The first-order chi connectivity index (χ1) is 7.16. The van der Waals surface area contributed by atoms with Crippen molar-refractivity contribution < 1.29 is 14.7 Å². The summed E-state index contributed by atoms with van der Waals surface area (Å²) < 4.78 is -0.576. The van der Waals surface area contributed by atoms with E-state index >= 15 is 0 Å². The van der Waals surface area contributed by atoms with Crippen molar-refractivity contribution in [2.75, 3.05) is 13.2 Å². The highest BCUT2D eigenvalue weighted by molar-refractivity contribution is 8.15. The van der Waals surface area contributed by atoms with E-state index in [1.165, 1.54) is 11.8 Å². The summed E-state index contributed by atoms with van der Waals surface area (Å²) >= 11 is 1.30. The van der Waals surface area contributed by atoms with Gasteiger partial charge in [-0.1, -0.05) is 11.8 Å². The Hall–Kier alpha value is -0.880. The number of aliphatic hydroxyl groups excluding tert-OH is 1. The number of carbonyl (C=O) groups is 2. The second kappa shape index (κ2) is 3.94. The molecule has 0 aromatic heterocycles. The van der Waals surface area contributed by atoms with Crippen LogP contribution in [-0.4, -0.2) is 39.9 Å². The Labute approximate surface area is 91.3 Å². The molecule has 2 rings (SSSR count). The van der Waals surface area contributed by atoms with Gasteiger partial charge in [-0.15, -0.1) is 0 Å². The maximum absolute atomic E-state index is 11.8. The third kappa shape index (κ3) is 1.91. The van der Waals surface area contributed by atoms with Crippen molar-refractivity contribution in [1.29, 1.82) is 0 Å². The van der Waals surface area contributed by atoms with Gasteiger partial charge in [0.1, 0.15) is 4.75 Å². The predicted octanol–water partition coefficient (Wildman–Crippen LogP) is -0.311. The molecule has 1 saturated heterocycles. The Bertz CT molecular complexity index is 342. The number of amides is 2. The zero-order valence-electron chi connectivity index (χ0n) is 8.15. The molecule has 2 heterocycles. The van der Waals surface area contributed by atoms with E-state index < -0.39 is 4.75 Å². The molecular weight excluding hydrogens is 216 g/mol. The van der Waals surface area contributed by atoms with Crippen molar-refractivity contribution in [2.45, 2.75) is 24.0 Å². The smallest absolute Gasteiger partial charge is 0.243 e. The second-order valence-corrected chi connectivity index (χ2v) is 5.11. The molecule has 2 aliphatic rings. The number of nitrogens with one attached hydrogen (secondary N) is 1. The summed E-state index contributed by atoms with van der Waals surface area (Å²) in [7, 11) is 0. The number of piperidine rings is 1. The lowest BCUT2D eigenvalue weighted by molar-refractivity contribution is -0.135. The van der Waals surface area contributed by atoms with Crippen molar-refractivity contribution in [2.24, 2.45) is 4.99 Å². The van der Waals surface area contributed by atoms with Crippen LogP contribution in [0.5, 0.6) is 0 Å². The van der Waals surface area contributed by atoms with E-state index in [0.717, 1.165) is 0 Å². The maximum Gasteiger partial charge on any atom is 0.243 e. The number of rotatable bonds is 1. The molecule has 2 aliphatic heterocycles. The van der Waals surface area contributed by atoms with Gasteiger partial charge in [0.25, 0.3) is 0 Å². The van der Waals surface area contributed by atoms with Crippen LogP contribution in [0.4, 0.5) is 0 Å². The van der Waals surface area contributed by atoms with Gasteiger partial charge in [0.2, 0.25) is 11.8 Å². The van der Waals surface area contributed by atoms with Gasteiger partial charge in [0.05, 0.1) is 11.7 Å². The van der Waals surface area contributed by atoms with Crippen LogP contribution >= 0.6 is 11.8 Å². The minimum Gasteiger partial charge on any atom is -0.390 e. The molecule has 0 aromatic carbocycles. The molecule has 1 atom stereocenters. The number of hydrogen-bond acceptors (Lipinski definition) is 5. The zero-order chi connectivity index (χ0) is 10.9. The first-order valence-electron chi connectivity index (χ1n) is 4.84. The molecule has 0 aromatic rings. The van der Waals surface area contributed by atoms with Crippen molar-refractivity contribution in [3.05, 3.63) is 0 Å².